The highest BCUT2D eigenvalue weighted by atomic mass is 32.2. The summed E-state index contributed by atoms with van der Waals surface area (Å²) in [6, 6.07) is 10.9. The number of hydrogen-bond acceptors (Lipinski definition) is 7. The predicted octanol–water partition coefficient (Wildman–Crippen LogP) is 2.77. The van der Waals surface area contributed by atoms with E-state index in [0.29, 0.717) is 23.0 Å². The molecule has 0 atom stereocenters. The van der Waals surface area contributed by atoms with Crippen LogP contribution in [-0.2, 0) is 26.0 Å². The Labute approximate surface area is 175 Å². The van der Waals surface area contributed by atoms with Crippen LogP contribution in [0, 0.1) is 0 Å². The fraction of sp³-hybridized carbons (Fsp3) is 0.400. The molecule has 158 valence electrons. The van der Waals surface area contributed by atoms with E-state index in [4.69, 9.17) is 9.47 Å². The number of nitrogens with one attached hydrogen (secondary N) is 1. The van der Waals surface area contributed by atoms with Crippen LogP contribution in [0.1, 0.15) is 39.9 Å². The Morgan fingerprint density at radius 1 is 1.07 bits per heavy atom. The second kappa shape index (κ2) is 10.5. The fourth-order valence-corrected chi connectivity index (χ4v) is 3.78. The fourth-order valence-electron chi connectivity index (χ4n) is 2.37. The van der Waals surface area contributed by atoms with Gasteiger partial charge in [-0.2, -0.15) is 0 Å². The summed E-state index contributed by atoms with van der Waals surface area (Å²) in [7, 11) is -3.24. The molecule has 0 unspecified atom stereocenters. The van der Waals surface area contributed by atoms with Gasteiger partial charge in [0.2, 0.25) is 15.8 Å². The van der Waals surface area contributed by atoms with Gasteiger partial charge in [0.1, 0.15) is 5.75 Å². The molecule has 0 aliphatic carbocycles. The number of sulfonamides is 1. The number of thiophene rings is 1. The maximum Gasteiger partial charge on any atom is 0.344 e. The van der Waals surface area contributed by atoms with Gasteiger partial charge in [-0.3, -0.25) is 4.79 Å². The first kappa shape index (κ1) is 23.1. The minimum atomic E-state index is -3.24. The largest absolute Gasteiger partial charge is 0.482 e. The molecular formula is C20H25NO6S2. The van der Waals surface area contributed by atoms with Crippen molar-refractivity contribution in [1.82, 2.24) is 4.72 Å². The van der Waals surface area contributed by atoms with Gasteiger partial charge in [0, 0.05) is 11.4 Å². The highest BCUT2D eigenvalue weighted by molar-refractivity contribution is 7.88. The van der Waals surface area contributed by atoms with Gasteiger partial charge in [0.05, 0.1) is 11.1 Å². The molecular weight excluding hydrogens is 414 g/mol. The van der Waals surface area contributed by atoms with Gasteiger partial charge in [-0.05, 0) is 42.2 Å². The molecule has 7 nitrogen and oxygen atoms in total. The number of carbonyl (C=O) groups excluding carboxylic acids is 2. The lowest BCUT2D eigenvalue weighted by Gasteiger charge is -2.08. The molecule has 0 spiro atoms. The molecule has 0 radical (unpaired) electrons. The molecule has 2 aromatic rings. The van der Waals surface area contributed by atoms with Crippen molar-refractivity contribution < 1.29 is 27.5 Å². The molecule has 0 bridgehead atoms. The van der Waals surface area contributed by atoms with Crippen molar-refractivity contribution in [3.8, 4) is 5.75 Å². The quantitative estimate of drug-likeness (QED) is 0.427. The van der Waals surface area contributed by atoms with E-state index >= 15 is 0 Å². The summed E-state index contributed by atoms with van der Waals surface area (Å²) in [6.07, 6.45) is 1.57. The lowest BCUT2D eigenvalue weighted by Crippen LogP contribution is -2.24. The number of ether oxygens (including phenoxy) is 2. The van der Waals surface area contributed by atoms with Crippen molar-refractivity contribution >= 4 is 33.1 Å². The molecule has 9 heteroatoms. The lowest BCUT2D eigenvalue weighted by molar-refractivity contribution is -0.144. The first-order valence-corrected chi connectivity index (χ1v) is 11.8. The van der Waals surface area contributed by atoms with Crippen LogP contribution >= 0.6 is 11.3 Å². The summed E-state index contributed by atoms with van der Waals surface area (Å²) in [5.41, 5.74) is 1.17. The summed E-state index contributed by atoms with van der Waals surface area (Å²) in [5.74, 6) is 0.0318. The van der Waals surface area contributed by atoms with E-state index in [2.05, 4.69) is 18.6 Å². The molecule has 0 aliphatic heterocycles. The molecule has 1 aromatic carbocycles. The summed E-state index contributed by atoms with van der Waals surface area (Å²) in [5, 5.41) is 0. The number of Topliss-reactive ketones (excluding diaryl/α,β-unsaturated/α-hetero) is 1. The summed E-state index contributed by atoms with van der Waals surface area (Å²) < 4.78 is 34.8. The molecule has 2 rings (SSSR count). The second-order valence-electron chi connectivity index (χ2n) is 6.78. The molecule has 1 N–H and O–H groups in total. The normalized spacial score (nSPS) is 11.4. The highest BCUT2D eigenvalue weighted by Crippen LogP contribution is 2.19. The Hall–Kier alpha value is -2.23. The molecule has 0 saturated heterocycles. The van der Waals surface area contributed by atoms with Crippen LogP contribution in [-0.4, -0.2) is 46.2 Å². The Kier molecular flexibility index (Phi) is 8.36. The highest BCUT2D eigenvalue weighted by Gasteiger charge is 2.13. The monoisotopic (exact) mass is 439 g/mol. The maximum atomic E-state index is 12.2. The molecule has 1 heterocycles. The van der Waals surface area contributed by atoms with Gasteiger partial charge >= 0.3 is 5.97 Å². The summed E-state index contributed by atoms with van der Waals surface area (Å²) in [4.78, 5) is 25.3. The van der Waals surface area contributed by atoms with Gasteiger partial charge in [-0.1, -0.05) is 26.0 Å². The number of rotatable bonds is 11. The smallest absolute Gasteiger partial charge is 0.344 e. The topological polar surface area (TPSA) is 98.8 Å². The average molecular weight is 440 g/mol. The van der Waals surface area contributed by atoms with Crippen molar-refractivity contribution in [3.63, 3.8) is 0 Å². The first-order valence-electron chi connectivity index (χ1n) is 9.09. The number of benzene rings is 1. The van der Waals surface area contributed by atoms with Crippen molar-refractivity contribution in [2.45, 2.75) is 26.2 Å². The Morgan fingerprint density at radius 2 is 1.76 bits per heavy atom. The minimum absolute atomic E-state index is 0.261. The summed E-state index contributed by atoms with van der Waals surface area (Å²) >= 11 is 1.25. The third-order valence-electron chi connectivity index (χ3n) is 3.94. The molecule has 0 saturated carbocycles. The maximum absolute atomic E-state index is 12.2. The Bertz CT molecular complexity index is 932. The molecule has 0 amide bonds. The number of carbonyl (C=O) groups is 2. The van der Waals surface area contributed by atoms with Crippen LogP contribution in [0.2, 0.25) is 0 Å². The lowest BCUT2D eigenvalue weighted by atomic mass is 10.0. The van der Waals surface area contributed by atoms with Crippen LogP contribution in [0.5, 0.6) is 5.75 Å². The van der Waals surface area contributed by atoms with Crippen molar-refractivity contribution in [1.29, 1.82) is 0 Å². The zero-order chi connectivity index (χ0) is 21.4. The third kappa shape index (κ3) is 8.35. The predicted molar refractivity (Wildman–Crippen MR) is 112 cm³/mol. The second-order valence-corrected chi connectivity index (χ2v) is 9.78. The van der Waals surface area contributed by atoms with Crippen molar-refractivity contribution in [3.05, 3.63) is 51.7 Å². The van der Waals surface area contributed by atoms with Gasteiger partial charge in [0.15, 0.2) is 13.2 Å². The average Bonchev–Trinajstić information content (AvgIpc) is 3.12. The SMILES string of the molecule is CC(C)c1ccc(OCC(=O)OCC(=O)c2ccc(CCNS(C)(=O)=O)s2)cc1. The molecule has 0 fully saturated rings. The van der Waals surface area contributed by atoms with E-state index in [1.54, 1.807) is 24.3 Å². The summed E-state index contributed by atoms with van der Waals surface area (Å²) in [6.45, 7) is 3.80. The Morgan fingerprint density at radius 3 is 2.38 bits per heavy atom. The number of ketones is 1. The van der Waals surface area contributed by atoms with E-state index in [9.17, 15) is 18.0 Å². The van der Waals surface area contributed by atoms with E-state index in [1.807, 2.05) is 12.1 Å². The van der Waals surface area contributed by atoms with E-state index in [0.717, 1.165) is 11.1 Å². The van der Waals surface area contributed by atoms with Crippen LogP contribution in [0.25, 0.3) is 0 Å². The van der Waals surface area contributed by atoms with E-state index in [1.165, 1.54) is 16.9 Å². The van der Waals surface area contributed by atoms with Gasteiger partial charge < -0.3 is 9.47 Å². The Balaban J connectivity index is 1.73. The van der Waals surface area contributed by atoms with Crippen LogP contribution in [0.4, 0.5) is 0 Å². The first-order chi connectivity index (χ1) is 13.6. The molecule has 29 heavy (non-hydrogen) atoms. The van der Waals surface area contributed by atoms with Gasteiger partial charge in [-0.25, -0.2) is 17.9 Å². The molecule has 0 aliphatic rings. The van der Waals surface area contributed by atoms with E-state index in [-0.39, 0.29) is 25.5 Å². The van der Waals surface area contributed by atoms with Gasteiger partial charge in [0.25, 0.3) is 0 Å². The van der Waals surface area contributed by atoms with Crippen molar-refractivity contribution in [2.75, 3.05) is 26.0 Å². The molecule has 1 aromatic heterocycles. The van der Waals surface area contributed by atoms with Crippen LogP contribution < -0.4 is 9.46 Å². The third-order valence-corrected chi connectivity index (χ3v) is 5.85. The standard InChI is InChI=1S/C20H25NO6S2/c1-14(2)15-4-6-16(7-5-15)26-13-20(23)27-12-18(22)19-9-8-17(28-19)10-11-21-29(3,24)25/h4-9,14,21H,10-13H2,1-3H3. The van der Waals surface area contributed by atoms with Crippen LogP contribution in [0.15, 0.2) is 36.4 Å². The van der Waals surface area contributed by atoms with Gasteiger partial charge in [-0.15, -0.1) is 11.3 Å². The van der Waals surface area contributed by atoms with Crippen molar-refractivity contribution in [2.24, 2.45) is 0 Å². The minimum Gasteiger partial charge on any atom is -0.482 e. The number of hydrogen-bond donors (Lipinski definition) is 1. The van der Waals surface area contributed by atoms with E-state index < -0.39 is 16.0 Å². The zero-order valence-corrected chi connectivity index (χ0v) is 18.3. The zero-order valence-electron chi connectivity index (χ0n) is 16.6. The number of esters is 1. The van der Waals surface area contributed by atoms with Crippen LogP contribution in [0.3, 0.4) is 0 Å².